The zero-order valence-corrected chi connectivity index (χ0v) is 10.8. The van der Waals surface area contributed by atoms with Gasteiger partial charge in [0.1, 0.15) is 18.5 Å². The molecule has 0 aliphatic carbocycles. The Labute approximate surface area is 114 Å². The van der Waals surface area contributed by atoms with E-state index in [1.54, 1.807) is 30.9 Å². The molecule has 0 amide bonds. The fraction of sp³-hybridized carbons (Fsp3) is 0.250. The van der Waals surface area contributed by atoms with Crippen LogP contribution < -0.4 is 4.74 Å². The molecule has 2 atom stereocenters. The molecule has 3 rings (SSSR count). The van der Waals surface area contributed by atoms with Gasteiger partial charge in [0.15, 0.2) is 0 Å². The first-order valence-corrected chi connectivity index (χ1v) is 6.19. The van der Waals surface area contributed by atoms with Gasteiger partial charge in [-0.3, -0.25) is 0 Å². The van der Waals surface area contributed by atoms with Crippen LogP contribution in [0.3, 0.4) is 0 Å². The fourth-order valence-corrected chi connectivity index (χ4v) is 2.70. The summed E-state index contributed by atoms with van der Waals surface area (Å²) >= 11 is 12.0. The van der Waals surface area contributed by atoms with Gasteiger partial charge in [-0.05, 0) is 12.1 Å². The number of aliphatic hydroxyl groups is 1. The summed E-state index contributed by atoms with van der Waals surface area (Å²) in [6.45, 7) is 0.339. The van der Waals surface area contributed by atoms with E-state index in [1.807, 2.05) is 4.57 Å². The SMILES string of the molecule is OC1c2cc(Cl)cc(Cl)c2OCC1n1ccnc1. The van der Waals surface area contributed by atoms with Gasteiger partial charge in [0.05, 0.1) is 17.4 Å². The van der Waals surface area contributed by atoms with Crippen molar-refractivity contribution in [2.75, 3.05) is 6.61 Å². The second-order valence-corrected chi connectivity index (χ2v) is 4.98. The molecule has 0 bridgehead atoms. The van der Waals surface area contributed by atoms with Gasteiger partial charge in [-0.1, -0.05) is 23.2 Å². The molecule has 0 saturated heterocycles. The van der Waals surface area contributed by atoms with Gasteiger partial charge in [0.2, 0.25) is 0 Å². The number of hydrogen-bond donors (Lipinski definition) is 1. The van der Waals surface area contributed by atoms with Crippen LogP contribution in [-0.4, -0.2) is 21.3 Å². The largest absolute Gasteiger partial charge is 0.489 e. The number of benzene rings is 1. The van der Waals surface area contributed by atoms with Gasteiger partial charge < -0.3 is 14.4 Å². The Bertz CT molecular complexity index is 572. The first-order valence-electron chi connectivity index (χ1n) is 5.44. The lowest BCUT2D eigenvalue weighted by Gasteiger charge is -2.31. The minimum atomic E-state index is -0.723. The summed E-state index contributed by atoms with van der Waals surface area (Å²) < 4.78 is 7.42. The second kappa shape index (κ2) is 4.46. The van der Waals surface area contributed by atoms with E-state index in [-0.39, 0.29) is 6.04 Å². The van der Waals surface area contributed by atoms with Crippen LogP contribution in [0.5, 0.6) is 5.75 Å². The first kappa shape index (κ1) is 11.8. The van der Waals surface area contributed by atoms with Gasteiger partial charge >= 0.3 is 0 Å². The molecule has 4 nitrogen and oxygen atoms in total. The van der Waals surface area contributed by atoms with Crippen molar-refractivity contribution in [1.82, 2.24) is 9.55 Å². The molecular weight excluding hydrogens is 275 g/mol. The molecule has 2 heterocycles. The van der Waals surface area contributed by atoms with Crippen LogP contribution in [0.4, 0.5) is 0 Å². The molecule has 1 aliphatic rings. The Morgan fingerprint density at radius 3 is 2.94 bits per heavy atom. The van der Waals surface area contributed by atoms with Crippen molar-refractivity contribution in [1.29, 1.82) is 0 Å². The average Bonchev–Trinajstić information content (AvgIpc) is 2.84. The molecule has 1 N–H and O–H groups in total. The second-order valence-electron chi connectivity index (χ2n) is 4.14. The zero-order valence-electron chi connectivity index (χ0n) is 9.25. The molecule has 0 radical (unpaired) electrons. The lowest BCUT2D eigenvalue weighted by Crippen LogP contribution is -2.28. The number of aliphatic hydroxyl groups excluding tert-OH is 1. The molecule has 94 valence electrons. The van der Waals surface area contributed by atoms with Crippen molar-refractivity contribution in [3.63, 3.8) is 0 Å². The summed E-state index contributed by atoms with van der Waals surface area (Å²) in [7, 11) is 0. The topological polar surface area (TPSA) is 47.3 Å². The van der Waals surface area contributed by atoms with E-state index in [0.717, 1.165) is 0 Å². The summed E-state index contributed by atoms with van der Waals surface area (Å²) in [5.74, 6) is 0.505. The summed E-state index contributed by atoms with van der Waals surface area (Å²) in [5, 5.41) is 11.3. The molecule has 1 aromatic carbocycles. The number of ether oxygens (including phenoxy) is 1. The minimum absolute atomic E-state index is 0.227. The number of nitrogens with zero attached hydrogens (tertiary/aromatic N) is 2. The standard InChI is InChI=1S/C12H10Cl2N2O2/c13-7-3-8-11(17)10(16-2-1-15-6-16)5-18-12(8)9(14)4-7/h1-4,6,10-11,17H,5H2. The smallest absolute Gasteiger partial charge is 0.143 e. The van der Waals surface area contributed by atoms with Crippen molar-refractivity contribution in [3.05, 3.63) is 46.5 Å². The van der Waals surface area contributed by atoms with Gasteiger partial charge in [-0.15, -0.1) is 0 Å². The van der Waals surface area contributed by atoms with E-state index in [2.05, 4.69) is 4.98 Å². The maximum atomic E-state index is 10.4. The molecular formula is C12H10Cl2N2O2. The lowest BCUT2D eigenvalue weighted by molar-refractivity contribution is 0.0569. The van der Waals surface area contributed by atoms with Gasteiger partial charge in [0.25, 0.3) is 0 Å². The predicted molar refractivity (Wildman–Crippen MR) is 68.2 cm³/mol. The molecule has 1 aliphatic heterocycles. The van der Waals surface area contributed by atoms with E-state index in [9.17, 15) is 5.11 Å². The van der Waals surface area contributed by atoms with E-state index in [1.165, 1.54) is 0 Å². The third-order valence-corrected chi connectivity index (χ3v) is 3.53. The van der Waals surface area contributed by atoms with Crippen LogP contribution >= 0.6 is 23.2 Å². The van der Waals surface area contributed by atoms with Crippen LogP contribution in [0.15, 0.2) is 30.9 Å². The summed E-state index contributed by atoms with van der Waals surface area (Å²) in [4.78, 5) is 3.97. The Kier molecular flexibility index (Phi) is 2.93. The van der Waals surface area contributed by atoms with Crippen molar-refractivity contribution in [2.45, 2.75) is 12.1 Å². The minimum Gasteiger partial charge on any atom is -0.489 e. The van der Waals surface area contributed by atoms with Crippen molar-refractivity contribution < 1.29 is 9.84 Å². The van der Waals surface area contributed by atoms with E-state index < -0.39 is 6.10 Å². The Morgan fingerprint density at radius 1 is 1.39 bits per heavy atom. The van der Waals surface area contributed by atoms with Crippen LogP contribution in [0.25, 0.3) is 0 Å². The van der Waals surface area contributed by atoms with E-state index in [0.29, 0.717) is 28.0 Å². The number of fused-ring (bicyclic) bond motifs is 1. The number of hydrogen-bond acceptors (Lipinski definition) is 3. The highest BCUT2D eigenvalue weighted by molar-refractivity contribution is 6.35. The third-order valence-electron chi connectivity index (χ3n) is 3.03. The first-order chi connectivity index (χ1) is 8.66. The lowest BCUT2D eigenvalue weighted by atomic mass is 9.99. The van der Waals surface area contributed by atoms with Gasteiger partial charge in [-0.25, -0.2) is 4.98 Å². The number of imidazole rings is 1. The molecule has 0 saturated carbocycles. The zero-order chi connectivity index (χ0) is 12.7. The highest BCUT2D eigenvalue weighted by Gasteiger charge is 2.32. The monoisotopic (exact) mass is 284 g/mol. The maximum Gasteiger partial charge on any atom is 0.143 e. The number of aromatic nitrogens is 2. The molecule has 1 aromatic heterocycles. The molecule has 18 heavy (non-hydrogen) atoms. The van der Waals surface area contributed by atoms with Crippen LogP contribution in [-0.2, 0) is 0 Å². The Morgan fingerprint density at radius 2 is 2.22 bits per heavy atom. The van der Waals surface area contributed by atoms with E-state index >= 15 is 0 Å². The van der Waals surface area contributed by atoms with Crippen LogP contribution in [0.1, 0.15) is 17.7 Å². The number of halogens is 2. The Hall–Kier alpha value is -1.23. The summed E-state index contributed by atoms with van der Waals surface area (Å²) in [6.07, 6.45) is 4.37. The highest BCUT2D eigenvalue weighted by Crippen LogP contribution is 2.43. The molecule has 0 spiro atoms. The van der Waals surface area contributed by atoms with Crippen LogP contribution in [0.2, 0.25) is 10.0 Å². The Balaban J connectivity index is 2.04. The molecule has 2 unspecified atom stereocenters. The summed E-state index contributed by atoms with van der Waals surface area (Å²) in [6, 6.07) is 3.05. The molecule has 2 aromatic rings. The van der Waals surface area contributed by atoms with Gasteiger partial charge in [-0.2, -0.15) is 0 Å². The molecule has 0 fully saturated rings. The average molecular weight is 285 g/mol. The third kappa shape index (κ3) is 1.86. The molecule has 6 heteroatoms. The van der Waals surface area contributed by atoms with Crippen molar-refractivity contribution >= 4 is 23.2 Å². The highest BCUT2D eigenvalue weighted by atomic mass is 35.5. The number of rotatable bonds is 1. The fourth-order valence-electron chi connectivity index (χ4n) is 2.13. The maximum absolute atomic E-state index is 10.4. The normalized spacial score (nSPS) is 22.4. The van der Waals surface area contributed by atoms with Gasteiger partial charge in [0, 0.05) is 23.0 Å². The quantitative estimate of drug-likeness (QED) is 0.876. The van der Waals surface area contributed by atoms with E-state index in [4.69, 9.17) is 27.9 Å². The van der Waals surface area contributed by atoms with Crippen molar-refractivity contribution in [3.8, 4) is 5.75 Å². The predicted octanol–water partition coefficient (Wildman–Crippen LogP) is 2.86. The summed E-state index contributed by atoms with van der Waals surface area (Å²) in [5.41, 5.74) is 0.609. The van der Waals surface area contributed by atoms with Crippen LogP contribution in [0, 0.1) is 0 Å². The van der Waals surface area contributed by atoms with Crippen molar-refractivity contribution in [2.24, 2.45) is 0 Å².